The van der Waals surface area contributed by atoms with Crippen LogP contribution in [-0.4, -0.2) is 11.1 Å². The van der Waals surface area contributed by atoms with E-state index >= 15 is 0 Å². The lowest BCUT2D eigenvalue weighted by Gasteiger charge is -2.24. The number of rotatable bonds is 4. The summed E-state index contributed by atoms with van der Waals surface area (Å²) in [4.78, 5) is 9.86. The van der Waals surface area contributed by atoms with E-state index in [1.54, 1.807) is 48.5 Å². The first kappa shape index (κ1) is 31.4. The maximum absolute atomic E-state index is 14.3. The van der Waals surface area contributed by atoms with Gasteiger partial charge in [-0.15, -0.1) is 0 Å². The largest absolute Gasteiger partial charge is 0.480 e. The van der Waals surface area contributed by atoms with Crippen molar-refractivity contribution in [1.82, 2.24) is 0 Å². The lowest BCUT2D eigenvalue weighted by molar-refractivity contribution is -0.161. The van der Waals surface area contributed by atoms with Gasteiger partial charge >= 0.3 is 18.3 Å². The molecule has 0 aromatic heterocycles. The number of anilines is 2. The van der Waals surface area contributed by atoms with Crippen LogP contribution in [0, 0.1) is 0 Å². The standard InChI is InChI=1S/C28H17F6N.C8H7BrO2/c29-27(30,31)23-14-20-18-9-4-2-7-16(18)13-22(20)26(25(23)28(32,33)34)35-24-11-5-10-19-17-8-3-1-6-15(17)12-21(19)24;9-7(8(10)11)6-4-2-1-3-5-6/h1-11,14,35H,12-13H2;1-5,7H,(H,10,11). The summed E-state index contributed by atoms with van der Waals surface area (Å²) in [6.45, 7) is 0. The molecule has 0 radical (unpaired) electrons. The number of hydrogen-bond acceptors (Lipinski definition) is 2. The minimum Gasteiger partial charge on any atom is -0.480 e. The number of fused-ring (bicyclic) bond motifs is 6. The summed E-state index contributed by atoms with van der Waals surface area (Å²) in [5.41, 5.74) is 2.51. The van der Waals surface area contributed by atoms with Crippen molar-refractivity contribution in [2.24, 2.45) is 0 Å². The van der Waals surface area contributed by atoms with Crippen molar-refractivity contribution < 1.29 is 36.2 Å². The Bertz CT molecular complexity index is 1950. The molecule has 0 amide bonds. The van der Waals surface area contributed by atoms with Crippen molar-refractivity contribution in [3.8, 4) is 22.3 Å². The minimum atomic E-state index is -5.21. The van der Waals surface area contributed by atoms with Crippen LogP contribution < -0.4 is 5.32 Å². The molecule has 3 nitrogen and oxygen atoms in total. The Labute approximate surface area is 268 Å². The van der Waals surface area contributed by atoms with Gasteiger partial charge in [-0.2, -0.15) is 26.3 Å². The quantitative estimate of drug-likeness (QED) is 0.142. The molecule has 2 aliphatic rings. The average Bonchev–Trinajstić information content (AvgIpc) is 3.59. The highest BCUT2D eigenvalue weighted by Crippen LogP contribution is 2.52. The van der Waals surface area contributed by atoms with E-state index in [1.807, 2.05) is 48.5 Å². The zero-order valence-electron chi connectivity index (χ0n) is 23.8. The van der Waals surface area contributed by atoms with E-state index in [1.165, 1.54) is 0 Å². The zero-order valence-corrected chi connectivity index (χ0v) is 25.4. The topological polar surface area (TPSA) is 49.3 Å². The predicted octanol–water partition coefficient (Wildman–Crippen LogP) is 10.8. The van der Waals surface area contributed by atoms with Crippen molar-refractivity contribution in [2.45, 2.75) is 30.0 Å². The summed E-state index contributed by atoms with van der Waals surface area (Å²) in [6, 6.07) is 29.3. The number of hydrogen-bond donors (Lipinski definition) is 2. The molecule has 0 aliphatic heterocycles. The summed E-state index contributed by atoms with van der Waals surface area (Å²) >= 11 is 3.05. The average molecular weight is 696 g/mol. The van der Waals surface area contributed by atoms with E-state index in [9.17, 15) is 31.1 Å². The summed E-state index contributed by atoms with van der Waals surface area (Å²) < 4.78 is 84.9. The van der Waals surface area contributed by atoms with E-state index < -0.39 is 40.0 Å². The predicted molar refractivity (Wildman–Crippen MR) is 168 cm³/mol. The van der Waals surface area contributed by atoms with Crippen molar-refractivity contribution >= 4 is 33.3 Å². The summed E-state index contributed by atoms with van der Waals surface area (Å²) in [5.74, 6) is -0.865. The molecule has 2 N–H and O–H groups in total. The molecule has 0 heterocycles. The normalized spacial score (nSPS) is 13.5. The van der Waals surface area contributed by atoms with Crippen LogP contribution in [-0.2, 0) is 30.0 Å². The zero-order chi connectivity index (χ0) is 32.8. The number of halogens is 7. The highest BCUT2D eigenvalue weighted by molar-refractivity contribution is 9.09. The van der Waals surface area contributed by atoms with Crippen LogP contribution >= 0.6 is 15.9 Å². The first-order valence-electron chi connectivity index (χ1n) is 14.2. The smallest absolute Gasteiger partial charge is 0.419 e. The van der Waals surface area contributed by atoms with Crippen LogP contribution in [0.5, 0.6) is 0 Å². The fourth-order valence-corrected chi connectivity index (χ4v) is 6.41. The molecule has 0 spiro atoms. The Morgan fingerprint density at radius 2 is 1.22 bits per heavy atom. The number of nitrogens with one attached hydrogen (secondary N) is 1. The number of aliphatic carboxylic acids is 1. The van der Waals surface area contributed by atoms with E-state index in [0.29, 0.717) is 29.3 Å². The Morgan fingerprint density at radius 1 is 0.674 bits per heavy atom. The van der Waals surface area contributed by atoms with Crippen molar-refractivity contribution in [1.29, 1.82) is 0 Å². The van der Waals surface area contributed by atoms with Crippen molar-refractivity contribution in [3.63, 3.8) is 0 Å². The highest BCUT2D eigenvalue weighted by Gasteiger charge is 2.47. The van der Waals surface area contributed by atoms with Gasteiger partial charge in [0, 0.05) is 18.5 Å². The summed E-state index contributed by atoms with van der Waals surface area (Å²) in [7, 11) is 0. The molecule has 0 saturated carbocycles. The molecular formula is C36H24BrF6NO2. The fourth-order valence-electron chi connectivity index (χ4n) is 6.11. The van der Waals surface area contributed by atoms with Crippen LogP contribution in [0.1, 0.15) is 43.8 Å². The van der Waals surface area contributed by atoms with Gasteiger partial charge in [-0.25, -0.2) is 0 Å². The summed E-state index contributed by atoms with van der Waals surface area (Å²) in [5, 5.41) is 11.4. The Morgan fingerprint density at radius 3 is 1.80 bits per heavy atom. The highest BCUT2D eigenvalue weighted by atomic mass is 79.9. The summed E-state index contributed by atoms with van der Waals surface area (Å²) in [6.07, 6.45) is -9.79. The lowest BCUT2D eigenvalue weighted by Crippen LogP contribution is -2.20. The fraction of sp³-hybridized carbons (Fsp3) is 0.139. The third-order valence-corrected chi connectivity index (χ3v) is 9.04. The van der Waals surface area contributed by atoms with Crippen LogP contribution in [0.15, 0.2) is 103 Å². The van der Waals surface area contributed by atoms with Crippen LogP contribution in [0.25, 0.3) is 22.3 Å². The maximum Gasteiger partial charge on any atom is 0.419 e. The molecular weight excluding hydrogens is 672 g/mol. The number of carbonyl (C=O) groups is 1. The van der Waals surface area contributed by atoms with Gasteiger partial charge in [-0.3, -0.25) is 4.79 Å². The molecule has 2 aliphatic carbocycles. The molecule has 1 unspecified atom stereocenters. The third kappa shape index (κ3) is 5.89. The van der Waals surface area contributed by atoms with Crippen LogP contribution in [0.4, 0.5) is 37.7 Å². The Balaban J connectivity index is 0.000000288. The molecule has 10 heteroatoms. The van der Waals surface area contributed by atoms with E-state index in [0.717, 1.165) is 27.8 Å². The molecule has 5 aromatic rings. The van der Waals surface area contributed by atoms with Gasteiger partial charge in [0.05, 0.1) is 16.8 Å². The second-order valence-electron chi connectivity index (χ2n) is 10.9. The Hall–Kier alpha value is -4.57. The van der Waals surface area contributed by atoms with Crippen LogP contribution in [0.2, 0.25) is 0 Å². The van der Waals surface area contributed by atoms with E-state index in [2.05, 4.69) is 21.2 Å². The first-order chi connectivity index (χ1) is 21.8. The van der Waals surface area contributed by atoms with Crippen molar-refractivity contribution in [3.05, 3.63) is 142 Å². The second-order valence-corrected chi connectivity index (χ2v) is 11.8. The van der Waals surface area contributed by atoms with Gasteiger partial charge < -0.3 is 10.4 Å². The molecule has 0 bridgehead atoms. The number of carboxylic acid groups (broad SMARTS) is 1. The molecule has 1 atom stereocenters. The van der Waals surface area contributed by atoms with E-state index in [4.69, 9.17) is 5.11 Å². The second kappa shape index (κ2) is 12.0. The molecule has 234 valence electrons. The molecule has 0 saturated heterocycles. The van der Waals surface area contributed by atoms with Gasteiger partial charge in [-0.05, 0) is 62.2 Å². The number of carboxylic acids is 1. The minimum absolute atomic E-state index is 0.115. The molecule has 7 rings (SSSR count). The molecule has 5 aromatic carbocycles. The maximum atomic E-state index is 14.3. The lowest BCUT2D eigenvalue weighted by atomic mass is 9.94. The van der Waals surface area contributed by atoms with Crippen LogP contribution in [0.3, 0.4) is 0 Å². The third-order valence-electron chi connectivity index (χ3n) is 8.12. The van der Waals surface area contributed by atoms with Crippen molar-refractivity contribution in [2.75, 3.05) is 5.32 Å². The number of alkyl halides is 7. The molecule has 0 fully saturated rings. The number of benzene rings is 5. The monoisotopic (exact) mass is 695 g/mol. The first-order valence-corrected chi connectivity index (χ1v) is 15.1. The van der Waals surface area contributed by atoms with Gasteiger partial charge in [0.2, 0.25) is 0 Å². The van der Waals surface area contributed by atoms with Gasteiger partial charge in [-0.1, -0.05) is 107 Å². The van der Waals surface area contributed by atoms with Gasteiger partial charge in [0.25, 0.3) is 0 Å². The van der Waals surface area contributed by atoms with E-state index in [-0.39, 0.29) is 17.5 Å². The Kier molecular flexibility index (Phi) is 8.18. The van der Waals surface area contributed by atoms with Gasteiger partial charge in [0.15, 0.2) is 0 Å². The SMILES string of the molecule is FC(F)(F)c1cc2c(c(Nc3cccc4c3Cc3ccccc3-4)c1C(F)(F)F)Cc1ccccc1-2.O=C(O)C(Br)c1ccccc1. The van der Waals surface area contributed by atoms with Gasteiger partial charge in [0.1, 0.15) is 4.83 Å². The molecule has 46 heavy (non-hydrogen) atoms.